The molecular formula is C31H48NO3+. The molecule has 0 bridgehead atoms. The minimum Gasteiger partial charge on any atom is -0.457 e. The molecule has 0 atom stereocenters. The van der Waals surface area contributed by atoms with Gasteiger partial charge >= 0.3 is 5.97 Å². The molecule has 0 spiro atoms. The van der Waals surface area contributed by atoms with Crippen molar-refractivity contribution in [2.75, 3.05) is 27.4 Å². The Morgan fingerprint density at radius 2 is 1.40 bits per heavy atom. The van der Waals surface area contributed by atoms with Crippen LogP contribution in [0.5, 0.6) is 5.75 Å². The molecule has 0 unspecified atom stereocenters. The summed E-state index contributed by atoms with van der Waals surface area (Å²) >= 11 is 0. The lowest BCUT2D eigenvalue weighted by molar-refractivity contribution is -0.903. The lowest BCUT2D eigenvalue weighted by Gasteiger charge is -2.29. The number of aryl methyl sites for hydroxylation is 1. The lowest BCUT2D eigenvalue weighted by atomic mass is 10.0. The van der Waals surface area contributed by atoms with Crippen LogP contribution in [-0.4, -0.2) is 37.9 Å². The topological polar surface area (TPSA) is 35.5 Å². The summed E-state index contributed by atoms with van der Waals surface area (Å²) in [6.45, 7) is 4.12. The van der Waals surface area contributed by atoms with Crippen molar-refractivity contribution in [1.29, 1.82) is 0 Å². The minimum atomic E-state index is -0.193. The van der Waals surface area contributed by atoms with Gasteiger partial charge in [0.1, 0.15) is 12.3 Å². The third-order valence-electron chi connectivity index (χ3n) is 6.55. The van der Waals surface area contributed by atoms with Crippen LogP contribution in [0.3, 0.4) is 0 Å². The predicted octanol–water partition coefficient (Wildman–Crippen LogP) is 7.70. The maximum atomic E-state index is 12.2. The van der Waals surface area contributed by atoms with E-state index in [4.69, 9.17) is 9.47 Å². The van der Waals surface area contributed by atoms with Crippen LogP contribution in [0.1, 0.15) is 88.7 Å². The second-order valence-electron chi connectivity index (χ2n) is 10.4. The molecule has 0 saturated carbocycles. The second-order valence-corrected chi connectivity index (χ2v) is 10.4. The van der Waals surface area contributed by atoms with Gasteiger partial charge in [-0.1, -0.05) is 107 Å². The van der Waals surface area contributed by atoms with Crippen molar-refractivity contribution >= 4 is 5.97 Å². The van der Waals surface area contributed by atoms with Gasteiger partial charge in [0.15, 0.2) is 0 Å². The van der Waals surface area contributed by atoms with E-state index >= 15 is 0 Å². The molecule has 4 nitrogen and oxygen atoms in total. The number of carbonyl (C=O) groups excluding carboxylic acids is 1. The van der Waals surface area contributed by atoms with Crippen LogP contribution >= 0.6 is 0 Å². The van der Waals surface area contributed by atoms with Crippen LogP contribution < -0.4 is 4.74 Å². The highest BCUT2D eigenvalue weighted by Crippen LogP contribution is 2.21. The first-order chi connectivity index (χ1) is 17.0. The van der Waals surface area contributed by atoms with E-state index < -0.39 is 0 Å². The Morgan fingerprint density at radius 3 is 2.11 bits per heavy atom. The number of para-hydroxylation sites is 1. The van der Waals surface area contributed by atoms with E-state index in [1.165, 1.54) is 68.9 Å². The fourth-order valence-electron chi connectivity index (χ4n) is 4.52. The Hall–Kier alpha value is -2.33. The van der Waals surface area contributed by atoms with Gasteiger partial charge in [0, 0.05) is 12.0 Å². The molecule has 4 heteroatoms. The standard InChI is InChI=1S/C31H48NO3/c1-4-5-6-7-8-9-10-11-15-21-29-22-16-17-23-30(29)34-27-35-31(33)24-18-25-32(2,3)26-28-19-13-12-14-20-28/h12-14,16-17,19-20,22-23H,4-11,15,18,21,24-27H2,1-3H3/q+1. The molecule has 0 radical (unpaired) electrons. The zero-order chi connectivity index (χ0) is 25.2. The fraction of sp³-hybridized carbons (Fsp3) is 0.581. The van der Waals surface area contributed by atoms with E-state index in [2.05, 4.69) is 57.4 Å². The maximum Gasteiger partial charge on any atom is 0.308 e. The summed E-state index contributed by atoms with van der Waals surface area (Å²) in [5, 5.41) is 0. The number of ether oxygens (including phenoxy) is 2. The number of quaternary nitrogens is 1. The van der Waals surface area contributed by atoms with Gasteiger partial charge in [-0.15, -0.1) is 0 Å². The molecule has 2 aromatic rings. The van der Waals surface area contributed by atoms with E-state index in [0.29, 0.717) is 6.42 Å². The Morgan fingerprint density at radius 1 is 0.771 bits per heavy atom. The quantitative estimate of drug-likeness (QED) is 0.0891. The highest BCUT2D eigenvalue weighted by Gasteiger charge is 2.16. The van der Waals surface area contributed by atoms with E-state index in [1.54, 1.807) is 0 Å². The van der Waals surface area contributed by atoms with Crippen molar-refractivity contribution in [1.82, 2.24) is 0 Å². The van der Waals surface area contributed by atoms with E-state index in [0.717, 1.165) is 36.2 Å². The van der Waals surface area contributed by atoms with E-state index in [-0.39, 0.29) is 12.8 Å². The van der Waals surface area contributed by atoms with Crippen molar-refractivity contribution < 1.29 is 18.8 Å². The molecule has 2 aromatic carbocycles. The number of hydrogen-bond acceptors (Lipinski definition) is 3. The average Bonchev–Trinajstić information content (AvgIpc) is 2.84. The third-order valence-corrected chi connectivity index (χ3v) is 6.55. The number of benzene rings is 2. The molecule has 0 fully saturated rings. The van der Waals surface area contributed by atoms with Crippen LogP contribution in [-0.2, 0) is 22.5 Å². The summed E-state index contributed by atoms with van der Waals surface area (Å²) in [5.74, 6) is 0.640. The SMILES string of the molecule is CCCCCCCCCCCc1ccccc1OCOC(=O)CCC[N+](C)(C)Cc1ccccc1. The predicted molar refractivity (Wildman–Crippen MR) is 145 cm³/mol. The summed E-state index contributed by atoms with van der Waals surface area (Å²) < 4.78 is 12.0. The molecule has 2 rings (SSSR count). The molecule has 0 aromatic heterocycles. The van der Waals surface area contributed by atoms with E-state index in [9.17, 15) is 4.79 Å². The molecule has 0 N–H and O–H groups in total. The molecule has 0 aliphatic heterocycles. The van der Waals surface area contributed by atoms with Gasteiger partial charge in [0.25, 0.3) is 0 Å². The number of rotatable bonds is 19. The van der Waals surface area contributed by atoms with Gasteiger partial charge < -0.3 is 14.0 Å². The molecule has 0 saturated heterocycles. The van der Waals surface area contributed by atoms with Crippen molar-refractivity contribution in [3.8, 4) is 5.75 Å². The highest BCUT2D eigenvalue weighted by atomic mass is 16.7. The zero-order valence-corrected chi connectivity index (χ0v) is 22.5. The summed E-state index contributed by atoms with van der Waals surface area (Å²) in [5.41, 5.74) is 2.51. The monoisotopic (exact) mass is 482 g/mol. The van der Waals surface area contributed by atoms with Gasteiger partial charge in [0.05, 0.1) is 27.1 Å². The largest absolute Gasteiger partial charge is 0.457 e. The van der Waals surface area contributed by atoms with Gasteiger partial charge in [-0.2, -0.15) is 0 Å². The minimum absolute atomic E-state index is 0.0180. The molecular weight excluding hydrogens is 434 g/mol. The molecule has 0 heterocycles. The van der Waals surface area contributed by atoms with Gasteiger partial charge in [0.2, 0.25) is 6.79 Å². The molecule has 35 heavy (non-hydrogen) atoms. The van der Waals surface area contributed by atoms with Crippen molar-refractivity contribution in [3.05, 3.63) is 65.7 Å². The first kappa shape index (κ1) is 28.9. The number of nitrogens with zero attached hydrogens (tertiary/aromatic N) is 1. The average molecular weight is 483 g/mol. The summed E-state index contributed by atoms with van der Waals surface area (Å²) in [4.78, 5) is 12.2. The normalized spacial score (nSPS) is 11.4. The number of carbonyl (C=O) groups is 1. The van der Waals surface area contributed by atoms with Crippen LogP contribution in [0.25, 0.3) is 0 Å². The van der Waals surface area contributed by atoms with Gasteiger partial charge in [-0.05, 0) is 24.5 Å². The number of hydrogen-bond donors (Lipinski definition) is 0. The van der Waals surface area contributed by atoms with Crippen molar-refractivity contribution in [3.63, 3.8) is 0 Å². The Labute approximate surface area is 214 Å². The Kier molecular flexibility index (Phi) is 14.2. The van der Waals surface area contributed by atoms with Crippen molar-refractivity contribution in [2.24, 2.45) is 0 Å². The molecule has 0 aliphatic carbocycles. The van der Waals surface area contributed by atoms with Crippen LogP contribution in [0.4, 0.5) is 0 Å². The zero-order valence-electron chi connectivity index (χ0n) is 22.5. The van der Waals surface area contributed by atoms with Crippen molar-refractivity contribution in [2.45, 2.75) is 90.5 Å². The van der Waals surface area contributed by atoms with Crippen LogP contribution in [0.15, 0.2) is 54.6 Å². The number of unbranched alkanes of at least 4 members (excludes halogenated alkanes) is 8. The highest BCUT2D eigenvalue weighted by molar-refractivity contribution is 5.69. The van der Waals surface area contributed by atoms with Crippen LogP contribution in [0, 0.1) is 0 Å². The molecule has 0 amide bonds. The Balaban J connectivity index is 1.59. The van der Waals surface area contributed by atoms with Crippen LogP contribution in [0.2, 0.25) is 0 Å². The summed E-state index contributed by atoms with van der Waals surface area (Å²) in [6, 6.07) is 18.6. The van der Waals surface area contributed by atoms with Gasteiger partial charge in [-0.3, -0.25) is 4.79 Å². The molecule has 0 aliphatic rings. The smallest absolute Gasteiger partial charge is 0.308 e. The Bertz CT molecular complexity index is 819. The van der Waals surface area contributed by atoms with E-state index in [1.807, 2.05) is 18.2 Å². The summed E-state index contributed by atoms with van der Waals surface area (Å²) in [6.07, 6.45) is 14.1. The summed E-state index contributed by atoms with van der Waals surface area (Å²) in [7, 11) is 4.40. The number of esters is 1. The lowest BCUT2D eigenvalue weighted by Crippen LogP contribution is -2.39. The maximum absolute atomic E-state index is 12.2. The second kappa shape index (κ2) is 17.2. The molecule has 194 valence electrons. The third kappa shape index (κ3) is 13.4. The fourth-order valence-corrected chi connectivity index (χ4v) is 4.52. The first-order valence-electron chi connectivity index (χ1n) is 13.7. The van der Waals surface area contributed by atoms with Gasteiger partial charge in [-0.25, -0.2) is 0 Å². The first-order valence-corrected chi connectivity index (χ1v) is 13.7.